The fraction of sp³-hybridized carbons (Fsp3) is 0.640. The molecule has 0 radical (unpaired) electrons. The van der Waals surface area contributed by atoms with E-state index in [1.165, 1.54) is 19.3 Å². The number of thiol groups is 1. The molecule has 2 atom stereocenters. The van der Waals surface area contributed by atoms with Crippen LogP contribution in [0.2, 0.25) is 0 Å². The van der Waals surface area contributed by atoms with Crippen LogP contribution in [0.5, 0.6) is 0 Å². The zero-order chi connectivity index (χ0) is 23.1. The highest BCUT2D eigenvalue weighted by Gasteiger charge is 2.42. The second kappa shape index (κ2) is 12.1. The zero-order valence-electron chi connectivity index (χ0n) is 19.4. The van der Waals surface area contributed by atoms with E-state index in [4.69, 9.17) is 36.7 Å². The van der Waals surface area contributed by atoms with Crippen molar-refractivity contribution in [2.75, 3.05) is 13.1 Å². The molecule has 1 aliphatic rings. The number of unbranched alkanes of at least 4 members (excludes halogenated alkanes) is 3. The minimum Gasteiger partial charge on any atom is -0.368 e. The summed E-state index contributed by atoms with van der Waals surface area (Å²) < 4.78 is 0.585. The van der Waals surface area contributed by atoms with Gasteiger partial charge in [-0.05, 0) is 42.1 Å². The van der Waals surface area contributed by atoms with Crippen molar-refractivity contribution in [1.29, 1.82) is 0 Å². The minimum atomic E-state index is 0.124. The third kappa shape index (κ3) is 8.71. The van der Waals surface area contributed by atoms with Crippen molar-refractivity contribution < 1.29 is 0 Å². The number of hydrogen-bond acceptors (Lipinski definition) is 3. The summed E-state index contributed by atoms with van der Waals surface area (Å²) in [6.45, 7) is 11.3. The summed E-state index contributed by atoms with van der Waals surface area (Å²) in [4.78, 5) is 3.99. The number of rotatable bonds is 10. The van der Waals surface area contributed by atoms with Crippen LogP contribution in [-0.4, -0.2) is 38.2 Å². The number of thiocarbonyl (C=S) groups is 3. The molecule has 0 aromatic heterocycles. The van der Waals surface area contributed by atoms with Gasteiger partial charge in [0.15, 0.2) is 0 Å². The van der Waals surface area contributed by atoms with E-state index in [-0.39, 0.29) is 10.8 Å². The molecule has 1 N–H and O–H groups in total. The maximum Gasteiger partial charge on any atom is 0.130 e. The molecule has 2 rings (SSSR count). The maximum atomic E-state index is 5.97. The maximum absolute atomic E-state index is 5.97. The van der Waals surface area contributed by atoms with Gasteiger partial charge in [-0.3, -0.25) is 0 Å². The Balaban J connectivity index is 2.20. The Morgan fingerprint density at radius 1 is 1.06 bits per heavy atom. The van der Waals surface area contributed by atoms with E-state index in [1.807, 2.05) is 18.2 Å². The van der Waals surface area contributed by atoms with Crippen molar-refractivity contribution in [3.05, 3.63) is 35.9 Å². The number of nitrogens with zero attached hydrogens (tertiary/aromatic N) is 1. The van der Waals surface area contributed by atoms with Gasteiger partial charge < -0.3 is 10.2 Å². The molecule has 0 aliphatic heterocycles. The second-order valence-electron chi connectivity index (χ2n) is 10.2. The lowest BCUT2D eigenvalue weighted by Crippen LogP contribution is -2.51. The van der Waals surface area contributed by atoms with E-state index in [2.05, 4.69) is 62.7 Å². The van der Waals surface area contributed by atoms with Crippen LogP contribution >= 0.6 is 49.3 Å². The van der Waals surface area contributed by atoms with Crippen molar-refractivity contribution in [3.63, 3.8) is 0 Å². The molecule has 2 nitrogen and oxygen atoms in total. The molecule has 1 aromatic carbocycles. The summed E-state index contributed by atoms with van der Waals surface area (Å²) in [5.74, 6) is 0. The normalized spacial score (nSPS) is 22.5. The van der Waals surface area contributed by atoms with Crippen molar-refractivity contribution in [3.8, 4) is 0 Å². The Morgan fingerprint density at radius 2 is 1.74 bits per heavy atom. The number of hydrogen-bond donors (Lipinski definition) is 2. The van der Waals surface area contributed by atoms with Crippen LogP contribution < -0.4 is 5.32 Å². The fourth-order valence-electron chi connectivity index (χ4n) is 5.33. The summed E-state index contributed by atoms with van der Waals surface area (Å²) in [6.07, 6.45) is 8.19. The van der Waals surface area contributed by atoms with Gasteiger partial charge in [0, 0.05) is 19.1 Å². The van der Waals surface area contributed by atoms with E-state index in [0.717, 1.165) is 54.2 Å². The molecular formula is C25H38N2S4. The van der Waals surface area contributed by atoms with Crippen molar-refractivity contribution in [1.82, 2.24) is 10.2 Å². The van der Waals surface area contributed by atoms with Crippen LogP contribution in [0.15, 0.2) is 30.3 Å². The van der Waals surface area contributed by atoms with Gasteiger partial charge in [0.1, 0.15) is 9.31 Å². The minimum absolute atomic E-state index is 0.124. The molecule has 1 aromatic rings. The van der Waals surface area contributed by atoms with Gasteiger partial charge in [-0.15, -0.1) is 12.6 Å². The highest BCUT2D eigenvalue weighted by atomic mass is 32.1. The third-order valence-electron chi connectivity index (χ3n) is 6.14. The van der Waals surface area contributed by atoms with Gasteiger partial charge in [0.05, 0.1) is 4.86 Å². The van der Waals surface area contributed by atoms with Crippen LogP contribution in [0.1, 0.15) is 78.2 Å². The predicted molar refractivity (Wildman–Crippen MR) is 151 cm³/mol. The van der Waals surface area contributed by atoms with Crippen LogP contribution in [0.25, 0.3) is 0 Å². The van der Waals surface area contributed by atoms with Crippen molar-refractivity contribution in [2.24, 2.45) is 10.8 Å². The molecule has 0 saturated heterocycles. The first-order valence-corrected chi connectivity index (χ1v) is 13.1. The van der Waals surface area contributed by atoms with Gasteiger partial charge in [-0.25, -0.2) is 0 Å². The Hall–Kier alpha value is -0.560. The standard InChI is InChI=1S/C25H38N2S4/c1-5-6-7-11-14-27(22(29)21(28)19-12-9-8-10-13-19)18-25(4)16-20(26-23(30)31)15-24(2,3)17-25/h8-10,12-13,20H,5-7,11,14-18H2,1-4H3,(H2,26,30,31). The third-order valence-corrected chi connectivity index (χ3v) is 7.41. The first kappa shape index (κ1) is 26.7. The summed E-state index contributed by atoms with van der Waals surface area (Å²) in [6, 6.07) is 10.5. The van der Waals surface area contributed by atoms with E-state index in [9.17, 15) is 0 Å². The van der Waals surface area contributed by atoms with Crippen molar-refractivity contribution >= 4 is 63.5 Å². The highest BCUT2D eigenvalue weighted by molar-refractivity contribution is 8.11. The Kier molecular flexibility index (Phi) is 10.4. The lowest BCUT2D eigenvalue weighted by molar-refractivity contribution is 0.0592. The highest BCUT2D eigenvalue weighted by Crippen LogP contribution is 2.46. The number of nitrogens with one attached hydrogen (secondary N) is 1. The fourth-order valence-corrected chi connectivity index (χ4v) is 6.22. The average Bonchev–Trinajstić information content (AvgIpc) is 2.67. The first-order chi connectivity index (χ1) is 14.6. The van der Waals surface area contributed by atoms with Crippen LogP contribution in [0.4, 0.5) is 0 Å². The lowest BCUT2D eigenvalue weighted by atomic mass is 9.62. The molecule has 2 unspecified atom stereocenters. The SMILES string of the molecule is CCCCCCN(CC1(C)CC(NC(=S)S)CC(C)(C)C1)C(=S)C(=S)c1ccccc1. The van der Waals surface area contributed by atoms with E-state index >= 15 is 0 Å². The first-order valence-electron chi connectivity index (χ1n) is 11.4. The summed E-state index contributed by atoms with van der Waals surface area (Å²) in [5.41, 5.74) is 1.40. The van der Waals surface area contributed by atoms with E-state index < -0.39 is 0 Å². The van der Waals surface area contributed by atoms with Crippen LogP contribution in [-0.2, 0) is 0 Å². The largest absolute Gasteiger partial charge is 0.368 e. The van der Waals surface area contributed by atoms with Gasteiger partial charge >= 0.3 is 0 Å². The van der Waals surface area contributed by atoms with E-state index in [0.29, 0.717) is 10.4 Å². The lowest BCUT2D eigenvalue weighted by Gasteiger charge is -2.49. The smallest absolute Gasteiger partial charge is 0.130 e. The number of benzene rings is 1. The topological polar surface area (TPSA) is 15.3 Å². The monoisotopic (exact) mass is 494 g/mol. The molecule has 0 amide bonds. The van der Waals surface area contributed by atoms with Crippen molar-refractivity contribution in [2.45, 2.75) is 78.7 Å². The molecule has 0 heterocycles. The van der Waals surface area contributed by atoms with Crippen LogP contribution in [0, 0.1) is 10.8 Å². The Morgan fingerprint density at radius 3 is 2.35 bits per heavy atom. The molecule has 6 heteroatoms. The Labute approximate surface area is 211 Å². The molecule has 0 bridgehead atoms. The molecule has 1 saturated carbocycles. The average molecular weight is 495 g/mol. The summed E-state index contributed by atoms with van der Waals surface area (Å²) in [7, 11) is 0. The molecule has 31 heavy (non-hydrogen) atoms. The molecule has 1 aliphatic carbocycles. The van der Waals surface area contributed by atoms with Gasteiger partial charge in [-0.1, -0.05) is 114 Å². The molecule has 172 valence electrons. The summed E-state index contributed by atoms with van der Waals surface area (Å²) >= 11 is 21.4. The Bertz CT molecular complexity index is 762. The van der Waals surface area contributed by atoms with Gasteiger partial charge in [0.2, 0.25) is 0 Å². The molecule has 1 fully saturated rings. The second-order valence-corrected chi connectivity index (χ2v) is 12.1. The zero-order valence-corrected chi connectivity index (χ0v) is 22.8. The van der Waals surface area contributed by atoms with Gasteiger partial charge in [0.25, 0.3) is 0 Å². The van der Waals surface area contributed by atoms with E-state index in [1.54, 1.807) is 0 Å². The summed E-state index contributed by atoms with van der Waals surface area (Å²) in [5, 5.41) is 3.42. The van der Waals surface area contributed by atoms with Crippen LogP contribution in [0.3, 0.4) is 0 Å². The predicted octanol–water partition coefficient (Wildman–Crippen LogP) is 7.00. The van der Waals surface area contributed by atoms with Gasteiger partial charge in [-0.2, -0.15) is 0 Å². The molecule has 0 spiro atoms. The molecular weight excluding hydrogens is 457 g/mol. The quantitative estimate of drug-likeness (QED) is 0.157.